The quantitative estimate of drug-likeness (QED) is 0.849. The second-order valence-corrected chi connectivity index (χ2v) is 8.43. The van der Waals surface area contributed by atoms with Crippen molar-refractivity contribution >= 4 is 16.0 Å². The molecule has 0 spiro atoms. The summed E-state index contributed by atoms with van der Waals surface area (Å²) in [5.74, 6) is -0.126. The lowest BCUT2D eigenvalue weighted by Crippen LogP contribution is -2.44. The van der Waals surface area contributed by atoms with E-state index in [2.05, 4.69) is 0 Å². The van der Waals surface area contributed by atoms with Crippen LogP contribution in [-0.4, -0.2) is 42.1 Å². The van der Waals surface area contributed by atoms with Crippen molar-refractivity contribution in [3.05, 3.63) is 0 Å². The van der Waals surface area contributed by atoms with Gasteiger partial charge in [-0.3, -0.25) is 4.79 Å². The summed E-state index contributed by atoms with van der Waals surface area (Å²) in [4.78, 5) is 11.1. The van der Waals surface area contributed by atoms with Gasteiger partial charge in [0.15, 0.2) is 0 Å². The first-order valence-corrected chi connectivity index (χ1v) is 8.75. The first-order valence-electron chi connectivity index (χ1n) is 7.14. The summed E-state index contributed by atoms with van der Waals surface area (Å²) in [5.41, 5.74) is -0.0465. The second kappa shape index (κ2) is 4.45. The topological polar surface area (TPSA) is 74.7 Å². The largest absolute Gasteiger partial charge is 0.480 e. The highest BCUT2D eigenvalue weighted by Gasteiger charge is 2.49. The summed E-state index contributed by atoms with van der Waals surface area (Å²) in [6, 6.07) is -0.833. The number of nitrogens with zero attached hydrogens (tertiary/aromatic N) is 1. The molecule has 108 valence electrons. The van der Waals surface area contributed by atoms with Crippen LogP contribution in [0.25, 0.3) is 0 Å². The van der Waals surface area contributed by atoms with Gasteiger partial charge in [-0.2, -0.15) is 4.31 Å². The second-order valence-electron chi connectivity index (χ2n) is 6.51. The highest BCUT2D eigenvalue weighted by molar-refractivity contribution is 7.89. The van der Waals surface area contributed by atoms with Gasteiger partial charge < -0.3 is 5.11 Å². The van der Waals surface area contributed by atoms with Gasteiger partial charge in [0.2, 0.25) is 10.0 Å². The maximum Gasteiger partial charge on any atom is 0.322 e. The molecular formula is C13H21NO4S. The van der Waals surface area contributed by atoms with Crippen LogP contribution in [-0.2, 0) is 14.8 Å². The predicted octanol–water partition coefficient (Wildman–Crippen LogP) is 1.45. The average Bonchev–Trinajstić information content (AvgIpc) is 3.02. The van der Waals surface area contributed by atoms with Crippen molar-refractivity contribution in [3.8, 4) is 0 Å². The van der Waals surface area contributed by atoms with Crippen LogP contribution in [0.2, 0.25) is 0 Å². The Morgan fingerprint density at radius 2 is 1.95 bits per heavy atom. The standard InChI is InChI=1S/C13H21NO4S/c15-12(16)11-2-1-7-14(11)19(17,18)9-13-5-3-10(8-13)4-6-13/h10-11H,1-9H2,(H,15,16)/t10?,11-,13?/m0/s1. The summed E-state index contributed by atoms with van der Waals surface area (Å²) >= 11 is 0. The molecule has 0 amide bonds. The van der Waals surface area contributed by atoms with Crippen LogP contribution in [0.5, 0.6) is 0 Å². The van der Waals surface area contributed by atoms with Gasteiger partial charge in [0.1, 0.15) is 6.04 Å². The number of rotatable bonds is 4. The molecule has 2 bridgehead atoms. The summed E-state index contributed by atoms with van der Waals surface area (Å²) in [5, 5.41) is 9.13. The third kappa shape index (κ3) is 2.29. The molecule has 2 aliphatic carbocycles. The minimum absolute atomic E-state index is 0.0465. The van der Waals surface area contributed by atoms with E-state index in [9.17, 15) is 13.2 Å². The predicted molar refractivity (Wildman–Crippen MR) is 70.2 cm³/mol. The summed E-state index contributed by atoms with van der Waals surface area (Å²) < 4.78 is 26.3. The SMILES string of the molecule is O=C(O)[C@@H]1CCCN1S(=O)(=O)CC12CCC(CC1)C2. The molecular weight excluding hydrogens is 266 g/mol. The fourth-order valence-corrected chi connectivity index (χ4v) is 6.64. The maximum atomic E-state index is 12.5. The first kappa shape index (κ1) is 13.4. The molecule has 3 fully saturated rings. The van der Waals surface area contributed by atoms with E-state index in [1.54, 1.807) is 0 Å². The Balaban J connectivity index is 1.77. The van der Waals surface area contributed by atoms with Gasteiger partial charge in [0.25, 0.3) is 0 Å². The molecule has 0 radical (unpaired) electrons. The molecule has 1 aliphatic heterocycles. The minimum Gasteiger partial charge on any atom is -0.480 e. The van der Waals surface area contributed by atoms with Crippen molar-refractivity contribution < 1.29 is 18.3 Å². The van der Waals surface area contributed by atoms with Gasteiger partial charge >= 0.3 is 5.97 Å². The van der Waals surface area contributed by atoms with E-state index >= 15 is 0 Å². The Bertz CT molecular complexity index is 479. The van der Waals surface area contributed by atoms with Crippen molar-refractivity contribution in [2.75, 3.05) is 12.3 Å². The number of sulfonamides is 1. The van der Waals surface area contributed by atoms with E-state index in [1.807, 2.05) is 0 Å². The van der Waals surface area contributed by atoms with Crippen molar-refractivity contribution in [2.45, 2.75) is 51.0 Å². The number of carboxylic acids is 1. The van der Waals surface area contributed by atoms with Gasteiger partial charge in [-0.1, -0.05) is 0 Å². The van der Waals surface area contributed by atoms with Crippen molar-refractivity contribution in [2.24, 2.45) is 11.3 Å². The Labute approximate surface area is 114 Å². The summed E-state index contributed by atoms with van der Waals surface area (Å²) in [6.07, 6.45) is 6.44. The van der Waals surface area contributed by atoms with Crippen LogP contribution in [0.3, 0.4) is 0 Å². The number of hydrogen-bond acceptors (Lipinski definition) is 3. The van der Waals surface area contributed by atoms with Gasteiger partial charge in [-0.15, -0.1) is 0 Å². The zero-order valence-corrected chi connectivity index (χ0v) is 11.9. The van der Waals surface area contributed by atoms with Gasteiger partial charge in [0.05, 0.1) is 5.75 Å². The highest BCUT2D eigenvalue weighted by atomic mass is 32.2. The van der Waals surface area contributed by atoms with Gasteiger partial charge in [-0.25, -0.2) is 8.42 Å². The van der Waals surface area contributed by atoms with Crippen molar-refractivity contribution in [3.63, 3.8) is 0 Å². The smallest absolute Gasteiger partial charge is 0.322 e. The van der Waals surface area contributed by atoms with Crippen molar-refractivity contribution in [1.29, 1.82) is 0 Å². The molecule has 19 heavy (non-hydrogen) atoms. The van der Waals surface area contributed by atoms with Gasteiger partial charge in [0, 0.05) is 6.54 Å². The van der Waals surface area contributed by atoms with Crippen LogP contribution in [0, 0.1) is 11.3 Å². The number of carbonyl (C=O) groups is 1. The lowest BCUT2D eigenvalue weighted by Gasteiger charge is -2.30. The normalized spacial score (nSPS) is 38.9. The van der Waals surface area contributed by atoms with E-state index in [-0.39, 0.29) is 11.2 Å². The molecule has 5 nitrogen and oxygen atoms in total. The third-order valence-electron chi connectivity index (χ3n) is 5.22. The summed E-state index contributed by atoms with van der Waals surface area (Å²) in [7, 11) is -3.43. The monoisotopic (exact) mass is 287 g/mol. The van der Waals surface area contributed by atoms with Crippen LogP contribution >= 0.6 is 0 Å². The van der Waals surface area contributed by atoms with Gasteiger partial charge in [-0.05, 0) is 56.3 Å². The number of aliphatic carboxylic acids is 1. The van der Waals surface area contributed by atoms with E-state index in [0.717, 1.165) is 32.1 Å². The molecule has 3 rings (SSSR count). The van der Waals surface area contributed by atoms with Crippen LogP contribution in [0.15, 0.2) is 0 Å². The maximum absolute atomic E-state index is 12.5. The fourth-order valence-electron chi connectivity index (χ4n) is 4.30. The van der Waals surface area contributed by atoms with E-state index in [1.165, 1.54) is 4.31 Å². The molecule has 0 unspecified atom stereocenters. The lowest BCUT2D eigenvalue weighted by molar-refractivity contribution is -0.140. The van der Waals surface area contributed by atoms with Crippen LogP contribution < -0.4 is 0 Å². The molecule has 1 atom stereocenters. The zero-order valence-electron chi connectivity index (χ0n) is 11.0. The molecule has 2 saturated carbocycles. The van der Waals surface area contributed by atoms with E-state index in [0.29, 0.717) is 25.3 Å². The molecule has 3 aliphatic rings. The Kier molecular flexibility index (Phi) is 3.13. The molecule has 1 saturated heterocycles. The third-order valence-corrected chi connectivity index (χ3v) is 7.35. The highest BCUT2D eigenvalue weighted by Crippen LogP contribution is 2.55. The lowest BCUT2D eigenvalue weighted by atomic mass is 9.87. The summed E-state index contributed by atoms with van der Waals surface area (Å²) in [6.45, 7) is 0.374. The van der Waals surface area contributed by atoms with E-state index in [4.69, 9.17) is 5.11 Å². The molecule has 0 aromatic heterocycles. The Hall–Kier alpha value is -0.620. The first-order chi connectivity index (χ1) is 8.92. The molecule has 6 heteroatoms. The number of hydrogen-bond donors (Lipinski definition) is 1. The Morgan fingerprint density at radius 1 is 1.26 bits per heavy atom. The Morgan fingerprint density at radius 3 is 2.47 bits per heavy atom. The average molecular weight is 287 g/mol. The molecule has 0 aromatic rings. The number of carboxylic acid groups (broad SMARTS) is 1. The van der Waals surface area contributed by atoms with E-state index < -0.39 is 22.0 Å². The fraction of sp³-hybridized carbons (Fsp3) is 0.923. The van der Waals surface area contributed by atoms with Crippen LogP contribution in [0.1, 0.15) is 44.9 Å². The zero-order chi connectivity index (χ0) is 13.7. The van der Waals surface area contributed by atoms with Crippen LogP contribution in [0.4, 0.5) is 0 Å². The number of fused-ring (bicyclic) bond motifs is 2. The molecule has 0 aromatic carbocycles. The molecule has 1 heterocycles. The molecule has 1 N–H and O–H groups in total. The van der Waals surface area contributed by atoms with Crippen molar-refractivity contribution in [1.82, 2.24) is 4.31 Å². The minimum atomic E-state index is -3.43.